The largest absolute Gasteiger partial charge is 0.466 e. The molecule has 5 heteroatoms. The molecule has 1 unspecified atom stereocenters. The molecule has 1 aromatic heterocycles. The Labute approximate surface area is 176 Å². The maximum atomic E-state index is 12.5. The Bertz CT molecular complexity index is 1110. The van der Waals surface area contributed by atoms with Gasteiger partial charge in [0, 0.05) is 36.6 Å². The summed E-state index contributed by atoms with van der Waals surface area (Å²) in [5.41, 5.74) is 5.77. The molecule has 1 aliphatic rings. The molecule has 0 bridgehead atoms. The highest BCUT2D eigenvalue weighted by Crippen LogP contribution is 2.37. The van der Waals surface area contributed by atoms with E-state index >= 15 is 0 Å². The number of aromatic amines is 1. The highest BCUT2D eigenvalue weighted by molar-refractivity contribution is 5.87. The number of benzene rings is 2. The summed E-state index contributed by atoms with van der Waals surface area (Å²) in [5, 5.41) is 1.22. The van der Waals surface area contributed by atoms with E-state index in [2.05, 4.69) is 34.0 Å². The number of H-pyrrole nitrogens is 1. The summed E-state index contributed by atoms with van der Waals surface area (Å²) in [6, 6.07) is 14.5. The van der Waals surface area contributed by atoms with Crippen molar-refractivity contribution in [3.8, 4) is 0 Å². The molecule has 1 aliphatic carbocycles. The molecule has 0 spiro atoms. The summed E-state index contributed by atoms with van der Waals surface area (Å²) in [6.45, 7) is 2.34. The molecular weight excluding hydrogens is 376 g/mol. The third-order valence-electron chi connectivity index (χ3n) is 5.90. The third kappa shape index (κ3) is 4.01. The number of fused-ring (bicyclic) bond motifs is 2. The number of para-hydroxylation sites is 1. The van der Waals surface area contributed by atoms with E-state index in [1.54, 1.807) is 13.0 Å². The van der Waals surface area contributed by atoms with Crippen molar-refractivity contribution in [1.29, 1.82) is 0 Å². The molecule has 0 saturated carbocycles. The topological polar surface area (TPSA) is 62.4 Å². The highest BCUT2D eigenvalue weighted by Gasteiger charge is 2.29. The molecule has 1 N–H and O–H groups in total. The number of hydrogen-bond donors (Lipinski definition) is 1. The lowest BCUT2D eigenvalue weighted by atomic mass is 10.0. The molecule has 0 radical (unpaired) electrons. The SMILES string of the molecule is COC(=O)/C=C/c1ccc2c(c1)CCC2N(CCc1c[nH]c2ccccc12)C(C)=O. The molecule has 1 heterocycles. The van der Waals surface area contributed by atoms with E-state index in [-0.39, 0.29) is 17.9 Å². The van der Waals surface area contributed by atoms with Crippen LogP contribution in [0.25, 0.3) is 17.0 Å². The van der Waals surface area contributed by atoms with Crippen LogP contribution < -0.4 is 0 Å². The van der Waals surface area contributed by atoms with E-state index in [4.69, 9.17) is 0 Å². The Kier molecular flexibility index (Phi) is 5.70. The van der Waals surface area contributed by atoms with Crippen molar-refractivity contribution >= 4 is 28.9 Å². The number of aromatic nitrogens is 1. The Morgan fingerprint density at radius 2 is 2.07 bits per heavy atom. The summed E-state index contributed by atoms with van der Waals surface area (Å²) >= 11 is 0. The second-order valence-electron chi connectivity index (χ2n) is 7.69. The Hall–Kier alpha value is -3.34. The first kappa shape index (κ1) is 20.0. The van der Waals surface area contributed by atoms with E-state index in [0.29, 0.717) is 6.54 Å². The van der Waals surface area contributed by atoms with E-state index in [1.165, 1.54) is 35.3 Å². The number of ether oxygens (including phenoxy) is 1. The van der Waals surface area contributed by atoms with Crippen LogP contribution in [-0.2, 0) is 27.2 Å². The van der Waals surface area contributed by atoms with E-state index in [1.807, 2.05) is 29.3 Å². The van der Waals surface area contributed by atoms with Crippen molar-refractivity contribution in [1.82, 2.24) is 9.88 Å². The minimum absolute atomic E-state index is 0.0985. The first-order valence-electron chi connectivity index (χ1n) is 10.3. The number of rotatable bonds is 6. The average Bonchev–Trinajstić information content (AvgIpc) is 3.36. The zero-order valence-corrected chi connectivity index (χ0v) is 17.4. The number of nitrogens with zero attached hydrogens (tertiary/aromatic N) is 1. The number of amides is 1. The molecular formula is C25H26N2O3. The maximum absolute atomic E-state index is 12.5. The second-order valence-corrected chi connectivity index (χ2v) is 7.69. The van der Waals surface area contributed by atoms with Gasteiger partial charge in [0.2, 0.25) is 5.91 Å². The quantitative estimate of drug-likeness (QED) is 0.490. The summed E-state index contributed by atoms with van der Waals surface area (Å²) in [5.74, 6) is -0.268. The Balaban J connectivity index is 1.51. The van der Waals surface area contributed by atoms with Crippen molar-refractivity contribution in [2.24, 2.45) is 0 Å². The second kappa shape index (κ2) is 8.57. The Morgan fingerprint density at radius 1 is 1.23 bits per heavy atom. The van der Waals surface area contributed by atoms with Gasteiger partial charge in [0.15, 0.2) is 0 Å². The number of hydrogen-bond acceptors (Lipinski definition) is 3. The fourth-order valence-electron chi connectivity index (χ4n) is 4.39. The van der Waals surface area contributed by atoms with Crippen LogP contribution in [0.4, 0.5) is 0 Å². The fourth-order valence-corrected chi connectivity index (χ4v) is 4.39. The molecule has 0 fully saturated rings. The van der Waals surface area contributed by atoms with Gasteiger partial charge in [-0.05, 0) is 53.7 Å². The van der Waals surface area contributed by atoms with Gasteiger partial charge in [0.25, 0.3) is 0 Å². The molecule has 0 saturated heterocycles. The standard InChI is InChI=1S/C25H26N2O3/c1-17(28)27(14-13-20-16-26-23-6-4-3-5-21(20)23)24-11-9-19-15-18(7-10-22(19)24)8-12-25(29)30-2/h3-8,10,12,15-16,24,26H,9,11,13-14H2,1-2H3/b12-8+. The molecule has 5 nitrogen and oxygen atoms in total. The average molecular weight is 402 g/mol. The highest BCUT2D eigenvalue weighted by atomic mass is 16.5. The predicted octanol–water partition coefficient (Wildman–Crippen LogP) is 4.43. The minimum atomic E-state index is -0.367. The van der Waals surface area contributed by atoms with Crippen LogP contribution in [0.15, 0.2) is 54.7 Å². The number of carbonyl (C=O) groups is 2. The van der Waals surface area contributed by atoms with Crippen LogP contribution in [-0.4, -0.2) is 35.4 Å². The zero-order valence-electron chi connectivity index (χ0n) is 17.4. The summed E-state index contributed by atoms with van der Waals surface area (Å²) in [7, 11) is 1.37. The lowest BCUT2D eigenvalue weighted by Crippen LogP contribution is -2.33. The number of carbonyl (C=O) groups excluding carboxylic acids is 2. The van der Waals surface area contributed by atoms with Gasteiger partial charge in [-0.2, -0.15) is 0 Å². The normalized spacial score (nSPS) is 15.5. The minimum Gasteiger partial charge on any atom is -0.466 e. The first-order valence-corrected chi connectivity index (χ1v) is 10.3. The molecule has 3 aromatic rings. The number of nitrogens with one attached hydrogen (secondary N) is 1. The van der Waals surface area contributed by atoms with Gasteiger partial charge in [-0.3, -0.25) is 4.79 Å². The summed E-state index contributed by atoms with van der Waals surface area (Å²) in [4.78, 5) is 29.1. The van der Waals surface area contributed by atoms with Gasteiger partial charge in [-0.1, -0.05) is 36.4 Å². The molecule has 30 heavy (non-hydrogen) atoms. The summed E-state index contributed by atoms with van der Waals surface area (Å²) in [6.07, 6.45) is 7.90. The van der Waals surface area contributed by atoms with E-state index in [0.717, 1.165) is 30.3 Å². The van der Waals surface area contributed by atoms with Crippen LogP contribution >= 0.6 is 0 Å². The van der Waals surface area contributed by atoms with Gasteiger partial charge in [-0.15, -0.1) is 0 Å². The smallest absolute Gasteiger partial charge is 0.330 e. The van der Waals surface area contributed by atoms with Crippen molar-refractivity contribution in [2.75, 3.05) is 13.7 Å². The van der Waals surface area contributed by atoms with Crippen LogP contribution in [0, 0.1) is 0 Å². The zero-order chi connectivity index (χ0) is 21.1. The first-order chi connectivity index (χ1) is 14.6. The van der Waals surface area contributed by atoms with Crippen molar-refractivity contribution in [3.05, 3.63) is 77.0 Å². The molecule has 1 atom stereocenters. The molecule has 1 amide bonds. The molecule has 0 aliphatic heterocycles. The Morgan fingerprint density at radius 3 is 2.87 bits per heavy atom. The summed E-state index contributed by atoms with van der Waals surface area (Å²) < 4.78 is 4.65. The van der Waals surface area contributed by atoms with Gasteiger partial charge in [-0.25, -0.2) is 4.79 Å². The van der Waals surface area contributed by atoms with E-state index in [9.17, 15) is 9.59 Å². The van der Waals surface area contributed by atoms with Crippen LogP contribution in [0.1, 0.15) is 41.6 Å². The van der Waals surface area contributed by atoms with Crippen molar-refractivity contribution < 1.29 is 14.3 Å². The van der Waals surface area contributed by atoms with Crippen LogP contribution in [0.5, 0.6) is 0 Å². The number of esters is 1. The third-order valence-corrected chi connectivity index (χ3v) is 5.90. The monoisotopic (exact) mass is 402 g/mol. The number of aryl methyl sites for hydroxylation is 1. The van der Waals surface area contributed by atoms with Gasteiger partial charge in [0.05, 0.1) is 13.2 Å². The van der Waals surface area contributed by atoms with E-state index < -0.39 is 0 Å². The maximum Gasteiger partial charge on any atom is 0.330 e. The van der Waals surface area contributed by atoms with Crippen molar-refractivity contribution in [2.45, 2.75) is 32.2 Å². The lowest BCUT2D eigenvalue weighted by molar-refractivity contribution is -0.134. The van der Waals surface area contributed by atoms with Crippen LogP contribution in [0.2, 0.25) is 0 Å². The molecule has 2 aromatic carbocycles. The number of methoxy groups -OCH3 is 1. The van der Waals surface area contributed by atoms with Gasteiger partial charge < -0.3 is 14.6 Å². The lowest BCUT2D eigenvalue weighted by Gasteiger charge is -2.29. The predicted molar refractivity (Wildman–Crippen MR) is 118 cm³/mol. The fraction of sp³-hybridized carbons (Fsp3) is 0.280. The molecule has 154 valence electrons. The van der Waals surface area contributed by atoms with Gasteiger partial charge in [0.1, 0.15) is 0 Å². The van der Waals surface area contributed by atoms with Crippen LogP contribution in [0.3, 0.4) is 0 Å². The van der Waals surface area contributed by atoms with Crippen molar-refractivity contribution in [3.63, 3.8) is 0 Å². The van der Waals surface area contributed by atoms with Gasteiger partial charge >= 0.3 is 5.97 Å². The molecule has 4 rings (SSSR count).